The van der Waals surface area contributed by atoms with Crippen LogP contribution in [0.4, 0.5) is 0 Å². The molecular weight excluding hydrogens is 334 g/mol. The van der Waals surface area contributed by atoms with Gasteiger partial charge in [0.05, 0.1) is 5.39 Å². The lowest BCUT2D eigenvalue weighted by atomic mass is 10.1. The number of ether oxygens (including phenoxy) is 1. The number of carbonyl (C=O) groups excluding carboxylic acids is 1. The molecule has 4 aromatic rings. The summed E-state index contributed by atoms with van der Waals surface area (Å²) in [4.78, 5) is 20.7. The van der Waals surface area contributed by atoms with E-state index in [1.54, 1.807) is 35.6 Å². The van der Waals surface area contributed by atoms with E-state index in [0.717, 1.165) is 21.3 Å². The first-order valence-electron chi connectivity index (χ1n) is 7.58. The summed E-state index contributed by atoms with van der Waals surface area (Å²) in [5, 5.41) is 2.93. The summed E-state index contributed by atoms with van der Waals surface area (Å²) < 4.78 is 5.95. The predicted molar refractivity (Wildman–Crippen MR) is 97.9 cm³/mol. The van der Waals surface area contributed by atoms with Crippen LogP contribution in [-0.4, -0.2) is 15.9 Å². The number of benzene rings is 2. The number of carbonyl (C=O) groups is 1. The van der Waals surface area contributed by atoms with E-state index in [1.807, 2.05) is 30.3 Å². The van der Waals surface area contributed by atoms with E-state index >= 15 is 0 Å². The van der Waals surface area contributed by atoms with Crippen LogP contribution in [0.1, 0.15) is 10.4 Å². The lowest BCUT2D eigenvalue weighted by Gasteiger charge is -2.08. The average molecular weight is 347 g/mol. The fourth-order valence-electron chi connectivity index (χ4n) is 2.55. The van der Waals surface area contributed by atoms with E-state index in [9.17, 15) is 4.79 Å². The highest BCUT2D eigenvalue weighted by Gasteiger charge is 2.14. The summed E-state index contributed by atoms with van der Waals surface area (Å²) in [6.07, 6.45) is 1.49. The second-order valence-corrected chi connectivity index (χ2v) is 6.22. The molecule has 5 nitrogen and oxygen atoms in total. The van der Waals surface area contributed by atoms with Gasteiger partial charge in [0.15, 0.2) is 0 Å². The zero-order chi connectivity index (χ0) is 17.2. The maximum atomic E-state index is 11.2. The molecule has 2 aromatic heterocycles. The number of thiophene rings is 1. The Morgan fingerprint density at radius 2 is 1.76 bits per heavy atom. The Kier molecular flexibility index (Phi) is 3.87. The van der Waals surface area contributed by atoms with Gasteiger partial charge in [-0.05, 0) is 29.8 Å². The van der Waals surface area contributed by atoms with Crippen LogP contribution in [0.3, 0.4) is 0 Å². The lowest BCUT2D eigenvalue weighted by molar-refractivity contribution is 0.100. The van der Waals surface area contributed by atoms with Crippen molar-refractivity contribution in [2.45, 2.75) is 0 Å². The topological polar surface area (TPSA) is 78.1 Å². The van der Waals surface area contributed by atoms with E-state index in [-0.39, 0.29) is 0 Å². The van der Waals surface area contributed by atoms with Gasteiger partial charge >= 0.3 is 0 Å². The van der Waals surface area contributed by atoms with Crippen molar-refractivity contribution in [3.63, 3.8) is 0 Å². The van der Waals surface area contributed by atoms with Gasteiger partial charge < -0.3 is 10.5 Å². The van der Waals surface area contributed by atoms with E-state index in [2.05, 4.69) is 15.3 Å². The maximum Gasteiger partial charge on any atom is 0.248 e. The van der Waals surface area contributed by atoms with Crippen LogP contribution in [0.15, 0.2) is 66.3 Å². The van der Waals surface area contributed by atoms with Gasteiger partial charge in [-0.2, -0.15) is 0 Å². The Balaban J connectivity index is 1.77. The molecule has 0 spiro atoms. The molecule has 2 heterocycles. The molecule has 0 saturated carbocycles. The first kappa shape index (κ1) is 15.3. The van der Waals surface area contributed by atoms with Gasteiger partial charge in [0.2, 0.25) is 11.8 Å². The van der Waals surface area contributed by atoms with Gasteiger partial charge in [-0.3, -0.25) is 4.79 Å². The number of nitrogens with two attached hydrogens (primary N) is 1. The summed E-state index contributed by atoms with van der Waals surface area (Å²) in [5.74, 6) is 0.590. The standard InChI is InChI=1S/C19H13N3O2S/c20-17(23)13-6-8-14(9-7-13)24-18-16-15(12-4-2-1-3-5-12)10-25-19(16)22-11-21-18/h1-11H,(H2,20,23). The number of hydrogen-bond donors (Lipinski definition) is 1. The first-order chi connectivity index (χ1) is 12.2. The minimum absolute atomic E-state index is 0.431. The largest absolute Gasteiger partial charge is 0.438 e. The molecule has 0 aliphatic carbocycles. The highest BCUT2D eigenvalue weighted by molar-refractivity contribution is 7.17. The second-order valence-electron chi connectivity index (χ2n) is 5.37. The SMILES string of the molecule is NC(=O)c1ccc(Oc2ncnc3scc(-c4ccccc4)c23)cc1. The van der Waals surface area contributed by atoms with Gasteiger partial charge in [0.1, 0.15) is 16.9 Å². The molecule has 0 saturated heterocycles. The highest BCUT2D eigenvalue weighted by atomic mass is 32.1. The third-order valence-electron chi connectivity index (χ3n) is 3.77. The van der Waals surface area contributed by atoms with Crippen LogP contribution in [0.25, 0.3) is 21.3 Å². The molecule has 4 rings (SSSR count). The molecule has 25 heavy (non-hydrogen) atoms. The van der Waals surface area contributed by atoms with Crippen LogP contribution in [0.2, 0.25) is 0 Å². The van der Waals surface area contributed by atoms with Gasteiger partial charge in [-0.15, -0.1) is 11.3 Å². The first-order valence-corrected chi connectivity index (χ1v) is 8.45. The molecule has 2 N–H and O–H groups in total. The van der Waals surface area contributed by atoms with Gasteiger partial charge in [0.25, 0.3) is 0 Å². The fourth-order valence-corrected chi connectivity index (χ4v) is 3.46. The number of primary amides is 1. The predicted octanol–water partition coefficient (Wildman–Crippen LogP) is 4.25. The Labute approximate surface area is 147 Å². The zero-order valence-corrected chi connectivity index (χ0v) is 13.9. The lowest BCUT2D eigenvalue weighted by Crippen LogP contribution is -2.10. The van der Waals surface area contributed by atoms with Crippen LogP contribution < -0.4 is 10.5 Å². The highest BCUT2D eigenvalue weighted by Crippen LogP contribution is 2.38. The fraction of sp³-hybridized carbons (Fsp3) is 0. The second kappa shape index (κ2) is 6.33. The van der Waals surface area contributed by atoms with Crippen molar-refractivity contribution in [1.29, 1.82) is 0 Å². The number of aromatic nitrogens is 2. The van der Waals surface area contributed by atoms with Crippen LogP contribution >= 0.6 is 11.3 Å². The van der Waals surface area contributed by atoms with E-state index in [1.165, 1.54) is 6.33 Å². The molecule has 2 aromatic carbocycles. The summed E-state index contributed by atoms with van der Waals surface area (Å²) in [7, 11) is 0. The van der Waals surface area contributed by atoms with E-state index in [0.29, 0.717) is 17.2 Å². The smallest absolute Gasteiger partial charge is 0.248 e. The molecule has 0 fully saturated rings. The molecule has 0 atom stereocenters. The van der Waals surface area contributed by atoms with Crippen molar-refractivity contribution in [2.24, 2.45) is 5.73 Å². The zero-order valence-electron chi connectivity index (χ0n) is 13.0. The summed E-state index contributed by atoms with van der Waals surface area (Å²) >= 11 is 1.55. The molecule has 0 aliphatic heterocycles. The normalized spacial score (nSPS) is 10.7. The maximum absolute atomic E-state index is 11.2. The molecule has 0 radical (unpaired) electrons. The molecule has 1 amide bonds. The summed E-state index contributed by atoms with van der Waals surface area (Å²) in [6.45, 7) is 0. The third kappa shape index (κ3) is 2.95. The average Bonchev–Trinajstić information content (AvgIpc) is 3.08. The van der Waals surface area contributed by atoms with Crippen molar-refractivity contribution < 1.29 is 9.53 Å². The van der Waals surface area contributed by atoms with Crippen molar-refractivity contribution >= 4 is 27.5 Å². The number of amides is 1. The minimum atomic E-state index is -0.472. The molecule has 6 heteroatoms. The Bertz CT molecular complexity index is 1040. The number of nitrogens with zero attached hydrogens (tertiary/aromatic N) is 2. The molecular formula is C19H13N3O2S. The van der Waals surface area contributed by atoms with Crippen molar-refractivity contribution in [3.05, 3.63) is 71.9 Å². The van der Waals surface area contributed by atoms with Crippen molar-refractivity contribution in [3.8, 4) is 22.8 Å². The van der Waals surface area contributed by atoms with E-state index in [4.69, 9.17) is 10.5 Å². The molecule has 0 bridgehead atoms. The van der Waals surface area contributed by atoms with Crippen molar-refractivity contribution in [1.82, 2.24) is 9.97 Å². The van der Waals surface area contributed by atoms with Crippen LogP contribution in [0.5, 0.6) is 11.6 Å². The van der Waals surface area contributed by atoms with Crippen molar-refractivity contribution in [2.75, 3.05) is 0 Å². The van der Waals surface area contributed by atoms with Gasteiger partial charge in [0, 0.05) is 16.5 Å². The van der Waals surface area contributed by atoms with E-state index < -0.39 is 5.91 Å². The Morgan fingerprint density at radius 3 is 2.48 bits per heavy atom. The van der Waals surface area contributed by atoms with Crippen LogP contribution in [-0.2, 0) is 0 Å². The molecule has 0 aliphatic rings. The number of rotatable bonds is 4. The summed E-state index contributed by atoms with van der Waals surface area (Å²) in [6, 6.07) is 16.7. The minimum Gasteiger partial charge on any atom is -0.438 e. The Hall–Kier alpha value is -3.25. The van der Waals surface area contributed by atoms with Gasteiger partial charge in [-0.1, -0.05) is 30.3 Å². The molecule has 122 valence electrons. The number of hydrogen-bond acceptors (Lipinski definition) is 5. The summed E-state index contributed by atoms with van der Waals surface area (Å²) in [5.41, 5.74) is 7.81. The molecule has 0 unspecified atom stereocenters. The Morgan fingerprint density at radius 1 is 1.00 bits per heavy atom. The third-order valence-corrected chi connectivity index (χ3v) is 4.66. The monoisotopic (exact) mass is 347 g/mol. The van der Waals surface area contributed by atoms with Crippen LogP contribution in [0, 0.1) is 0 Å². The number of fused-ring (bicyclic) bond motifs is 1. The quantitative estimate of drug-likeness (QED) is 0.598. The van der Waals surface area contributed by atoms with Gasteiger partial charge in [-0.25, -0.2) is 9.97 Å².